The number of aliphatic hydroxyl groups excluding tert-OH is 1. The Labute approximate surface area is 93.3 Å². The van der Waals surface area contributed by atoms with Crippen molar-refractivity contribution < 1.29 is 29.0 Å². The second-order valence-electron chi connectivity index (χ2n) is 1.12. The molecule has 0 aliphatic heterocycles. The Bertz CT molecular complexity index is 98.4. The molecular formula is C7H11AlO6. The number of rotatable bonds is 4. The van der Waals surface area contributed by atoms with Gasteiger partial charge in [0, 0.05) is 13.2 Å². The summed E-state index contributed by atoms with van der Waals surface area (Å²) in [4.78, 5) is 26.4. The number of hydrogen-bond acceptors (Lipinski definition) is 5. The summed E-state index contributed by atoms with van der Waals surface area (Å²) in [7, 11) is 0. The van der Waals surface area contributed by atoms with Crippen molar-refractivity contribution in [2.75, 3.05) is 13.2 Å². The van der Waals surface area contributed by atoms with Crippen LogP contribution in [-0.4, -0.2) is 55.1 Å². The first-order valence-corrected chi connectivity index (χ1v) is 3.24. The van der Waals surface area contributed by atoms with Crippen LogP contribution in [0.25, 0.3) is 0 Å². The predicted molar refractivity (Wildman–Crippen MR) is 48.7 cm³/mol. The topological polar surface area (TPSA) is 89.9 Å². The van der Waals surface area contributed by atoms with Crippen molar-refractivity contribution in [2.45, 2.75) is 13.8 Å². The van der Waals surface area contributed by atoms with Gasteiger partial charge in [0.05, 0.1) is 0 Å². The zero-order valence-corrected chi connectivity index (χ0v) is 9.13. The molecule has 0 rings (SSSR count). The van der Waals surface area contributed by atoms with E-state index in [1.165, 1.54) is 12.9 Å². The summed E-state index contributed by atoms with van der Waals surface area (Å²) in [6, 6.07) is 0. The smallest absolute Gasteiger partial charge is 0.665 e. The Balaban J connectivity index is -0.0000000535. The van der Waals surface area contributed by atoms with Gasteiger partial charge >= 0.3 is 17.4 Å². The largest absolute Gasteiger partial charge is 3.00 e. The minimum absolute atomic E-state index is 0. The van der Waals surface area contributed by atoms with Gasteiger partial charge in [-0.15, -0.1) is 0 Å². The van der Waals surface area contributed by atoms with Crippen LogP contribution in [-0.2, 0) is 23.9 Å². The van der Waals surface area contributed by atoms with Crippen LogP contribution < -0.4 is 0 Å². The van der Waals surface area contributed by atoms with E-state index in [9.17, 15) is 0 Å². The molecule has 1 N–H and O–H groups in total. The van der Waals surface area contributed by atoms with E-state index < -0.39 is 0 Å². The molecule has 78 valence electrons. The van der Waals surface area contributed by atoms with E-state index in [0.29, 0.717) is 19.7 Å². The quantitative estimate of drug-likeness (QED) is 0.501. The van der Waals surface area contributed by atoms with Crippen LogP contribution in [0.4, 0.5) is 0 Å². The van der Waals surface area contributed by atoms with E-state index in [1.54, 1.807) is 13.8 Å². The molecule has 0 fully saturated rings. The molecule has 0 atom stereocenters. The van der Waals surface area contributed by atoms with E-state index in [1.807, 2.05) is 0 Å². The Morgan fingerprint density at radius 1 is 1.00 bits per heavy atom. The second kappa shape index (κ2) is 40.5. The van der Waals surface area contributed by atoms with Crippen LogP contribution in [0.3, 0.4) is 0 Å². The second-order valence-corrected chi connectivity index (χ2v) is 1.12. The minimum atomic E-state index is 0. The molecule has 0 spiro atoms. The van der Waals surface area contributed by atoms with Crippen LogP contribution in [0.5, 0.6) is 0 Å². The van der Waals surface area contributed by atoms with Crippen LogP contribution in [0.1, 0.15) is 13.8 Å². The van der Waals surface area contributed by atoms with E-state index in [-0.39, 0.29) is 17.4 Å². The van der Waals surface area contributed by atoms with Gasteiger partial charge in [0.25, 0.3) is 0 Å². The Hall–Kier alpha value is -1.06. The van der Waals surface area contributed by atoms with Crippen molar-refractivity contribution in [1.82, 2.24) is 0 Å². The molecule has 0 bridgehead atoms. The number of carbonyl (C=O) groups excluding carboxylic acids is 2. The van der Waals surface area contributed by atoms with Crippen LogP contribution in [0.2, 0.25) is 0 Å². The molecule has 0 saturated carbocycles. The first kappa shape index (κ1) is 23.1. The number of hydrogen-bond donors (Lipinski definition) is 1. The molecule has 0 amide bonds. The Kier molecular flexibility index (Phi) is 66.8. The summed E-state index contributed by atoms with van der Waals surface area (Å²) < 4.78 is 8.06. The van der Waals surface area contributed by atoms with Gasteiger partial charge in [-0.25, -0.2) is 0 Å². The molecule has 0 aromatic heterocycles. The standard InChI is InChI=1S/2C3H5O2.CHO2.Al/c2*1-2-5-3-4;2-1-3;/h2*2H2,1H3;(H,2,3);/q3*-1;+3. The maximum atomic E-state index is 9.06. The van der Waals surface area contributed by atoms with Crippen molar-refractivity contribution in [1.29, 1.82) is 0 Å². The summed E-state index contributed by atoms with van der Waals surface area (Å²) in [5, 5.41) is 6.76. The molecule has 0 saturated heterocycles. The molecular weight excluding hydrogens is 207 g/mol. The normalized spacial score (nSPS) is 5.57. The summed E-state index contributed by atoms with van der Waals surface area (Å²) >= 11 is 0. The van der Waals surface area contributed by atoms with Crippen molar-refractivity contribution in [3.8, 4) is 0 Å². The van der Waals surface area contributed by atoms with Gasteiger partial charge in [-0.2, -0.15) is 0 Å². The Morgan fingerprint density at radius 3 is 1.21 bits per heavy atom. The van der Waals surface area contributed by atoms with Gasteiger partial charge in [0.2, 0.25) is 0 Å². The molecule has 0 aromatic rings. The molecule has 6 nitrogen and oxygen atoms in total. The van der Waals surface area contributed by atoms with Gasteiger partial charge in [-0.05, 0) is 13.8 Å². The molecule has 0 unspecified atom stereocenters. The average Bonchev–Trinajstić information content (AvgIpc) is 2.09. The molecule has 7 heteroatoms. The van der Waals surface area contributed by atoms with Crippen LogP contribution in [0.15, 0.2) is 0 Å². The first-order chi connectivity index (χ1) is 6.24. The maximum absolute atomic E-state index is 9.06. The SMILES string of the molecule is CCO[C-]=O.CCO[C-]=O.O=[C-]O.[Al+3]. The van der Waals surface area contributed by atoms with E-state index in [4.69, 9.17) is 19.5 Å². The minimum Gasteiger partial charge on any atom is -0.665 e. The zero-order valence-electron chi connectivity index (χ0n) is 7.98. The maximum Gasteiger partial charge on any atom is 3.00 e. The fourth-order valence-electron chi connectivity index (χ4n) is 0.118. The van der Waals surface area contributed by atoms with Gasteiger partial charge < -0.3 is 29.0 Å². The fourth-order valence-corrected chi connectivity index (χ4v) is 0.118. The third kappa shape index (κ3) is 125. The zero-order chi connectivity index (χ0) is 10.9. The van der Waals surface area contributed by atoms with Crippen molar-refractivity contribution in [2.24, 2.45) is 0 Å². The average molecular weight is 218 g/mol. The van der Waals surface area contributed by atoms with Crippen LogP contribution in [0, 0.1) is 0 Å². The first-order valence-electron chi connectivity index (χ1n) is 3.24. The van der Waals surface area contributed by atoms with Crippen molar-refractivity contribution in [3.63, 3.8) is 0 Å². The van der Waals surface area contributed by atoms with Gasteiger partial charge in [0.15, 0.2) is 0 Å². The molecule has 0 radical (unpaired) electrons. The summed E-state index contributed by atoms with van der Waals surface area (Å²) in [5.74, 6) is 0. The molecule has 0 aromatic carbocycles. The monoisotopic (exact) mass is 218 g/mol. The predicted octanol–water partition coefficient (Wildman–Crippen LogP) is -0.589. The van der Waals surface area contributed by atoms with Gasteiger partial charge in [-0.1, -0.05) is 19.4 Å². The van der Waals surface area contributed by atoms with E-state index >= 15 is 0 Å². The third-order valence-electron chi connectivity index (χ3n) is 0.407. The van der Waals surface area contributed by atoms with E-state index in [0.717, 1.165) is 0 Å². The molecule has 0 aliphatic rings. The summed E-state index contributed by atoms with van der Waals surface area (Å²) in [5.41, 5.74) is 0. The van der Waals surface area contributed by atoms with Crippen molar-refractivity contribution in [3.05, 3.63) is 0 Å². The molecule has 0 aliphatic carbocycles. The van der Waals surface area contributed by atoms with E-state index in [2.05, 4.69) is 9.47 Å². The van der Waals surface area contributed by atoms with Gasteiger partial charge in [0.1, 0.15) is 0 Å². The summed E-state index contributed by atoms with van der Waals surface area (Å²) in [6.07, 6.45) is 0. The van der Waals surface area contributed by atoms with Crippen molar-refractivity contribution >= 4 is 36.8 Å². The fraction of sp³-hybridized carbons (Fsp3) is 0.571. The Morgan fingerprint density at radius 2 is 1.21 bits per heavy atom. The summed E-state index contributed by atoms with van der Waals surface area (Å²) in [6.45, 7) is 7.33. The third-order valence-corrected chi connectivity index (χ3v) is 0.407. The van der Waals surface area contributed by atoms with Crippen LogP contribution >= 0.6 is 0 Å². The molecule has 14 heavy (non-hydrogen) atoms. The number of ether oxygens (including phenoxy) is 2. The molecule has 0 heterocycles. The van der Waals surface area contributed by atoms with Gasteiger partial charge in [-0.3, -0.25) is 0 Å².